The summed E-state index contributed by atoms with van der Waals surface area (Å²) < 4.78 is 7.25. The van der Waals surface area contributed by atoms with Crippen LogP contribution in [0.25, 0.3) is 15.9 Å². The van der Waals surface area contributed by atoms with E-state index >= 15 is 0 Å². The number of piperidine rings is 1. The highest BCUT2D eigenvalue weighted by atomic mass is 32.2. The third-order valence-electron chi connectivity index (χ3n) is 6.58. The summed E-state index contributed by atoms with van der Waals surface area (Å²) in [5, 5.41) is 0.955. The fourth-order valence-corrected chi connectivity index (χ4v) is 7.18. The van der Waals surface area contributed by atoms with Crippen LogP contribution in [0.15, 0.2) is 34.2 Å². The Kier molecular flexibility index (Phi) is 6.47. The van der Waals surface area contributed by atoms with Crippen molar-refractivity contribution >= 4 is 39.2 Å². The number of para-hydroxylation sites is 2. The molecule has 1 aliphatic carbocycles. The zero-order chi connectivity index (χ0) is 22.9. The van der Waals surface area contributed by atoms with Crippen LogP contribution in [0.2, 0.25) is 0 Å². The highest BCUT2D eigenvalue weighted by Gasteiger charge is 2.28. The van der Waals surface area contributed by atoms with Gasteiger partial charge in [-0.1, -0.05) is 23.9 Å². The molecule has 0 bridgehead atoms. The maximum Gasteiger partial charge on any atom is 0.267 e. The van der Waals surface area contributed by atoms with E-state index in [0.29, 0.717) is 16.6 Å². The van der Waals surface area contributed by atoms with Crippen molar-refractivity contribution in [3.05, 3.63) is 45.1 Å². The number of benzene rings is 1. The van der Waals surface area contributed by atoms with Crippen molar-refractivity contribution in [3.63, 3.8) is 0 Å². The summed E-state index contributed by atoms with van der Waals surface area (Å²) in [5.41, 5.74) is 1.76. The zero-order valence-corrected chi connectivity index (χ0v) is 20.8. The summed E-state index contributed by atoms with van der Waals surface area (Å²) in [4.78, 5) is 36.1. The van der Waals surface area contributed by atoms with Crippen molar-refractivity contribution in [2.75, 3.05) is 20.2 Å². The number of hydrogen-bond donors (Lipinski definition) is 0. The van der Waals surface area contributed by atoms with Crippen LogP contribution in [-0.2, 0) is 17.6 Å². The van der Waals surface area contributed by atoms with E-state index in [-0.39, 0.29) is 16.7 Å². The Bertz CT molecular complexity index is 1240. The lowest BCUT2D eigenvalue weighted by Crippen LogP contribution is -2.40. The fourth-order valence-electron chi connectivity index (χ4n) is 4.87. The normalized spacial score (nSPS) is 17.1. The number of thioether (sulfide) groups is 1. The van der Waals surface area contributed by atoms with E-state index < -0.39 is 0 Å². The smallest absolute Gasteiger partial charge is 0.267 e. The number of ether oxygens (including phenoxy) is 1. The molecule has 0 spiro atoms. The molecule has 1 fully saturated rings. The Morgan fingerprint density at radius 3 is 2.67 bits per heavy atom. The number of thiophene rings is 1. The molecule has 174 valence electrons. The van der Waals surface area contributed by atoms with Crippen molar-refractivity contribution in [3.8, 4) is 11.4 Å². The molecule has 1 atom stereocenters. The first-order valence-corrected chi connectivity index (χ1v) is 13.4. The second-order valence-electron chi connectivity index (χ2n) is 8.74. The maximum atomic E-state index is 14.0. The Hall–Kier alpha value is -2.32. The van der Waals surface area contributed by atoms with Crippen LogP contribution in [0.5, 0.6) is 5.75 Å². The lowest BCUT2D eigenvalue weighted by atomic mass is 9.97. The number of methoxy groups -OCH3 is 1. The van der Waals surface area contributed by atoms with Gasteiger partial charge in [-0.2, -0.15) is 0 Å². The van der Waals surface area contributed by atoms with Crippen LogP contribution in [0.3, 0.4) is 0 Å². The van der Waals surface area contributed by atoms with E-state index in [1.807, 2.05) is 36.1 Å². The minimum Gasteiger partial charge on any atom is -0.495 e. The number of hydrogen-bond acceptors (Lipinski definition) is 6. The van der Waals surface area contributed by atoms with Gasteiger partial charge in [0.2, 0.25) is 5.91 Å². The molecular weight excluding hydrogens is 454 g/mol. The van der Waals surface area contributed by atoms with E-state index in [2.05, 4.69) is 0 Å². The standard InChI is InChI=1S/C25H29N3O3S2/c1-16(23(29)27-14-8-3-9-15-27)32-25-26-22-21(17-10-4-7-13-20(17)33-22)24(30)28(25)18-11-5-6-12-19(18)31-2/h5-6,11-12,16H,3-4,7-10,13-15H2,1-2H3. The molecule has 2 aliphatic rings. The minimum atomic E-state index is -0.331. The summed E-state index contributed by atoms with van der Waals surface area (Å²) in [6.07, 6.45) is 7.49. The minimum absolute atomic E-state index is 0.0657. The third kappa shape index (κ3) is 4.19. The number of aryl methyl sites for hydroxylation is 2. The van der Waals surface area contributed by atoms with E-state index in [4.69, 9.17) is 9.72 Å². The first-order chi connectivity index (χ1) is 16.1. The van der Waals surface area contributed by atoms with Gasteiger partial charge in [0, 0.05) is 18.0 Å². The fraction of sp³-hybridized carbons (Fsp3) is 0.480. The molecule has 0 N–H and O–H groups in total. The van der Waals surface area contributed by atoms with Crippen LogP contribution in [0.1, 0.15) is 49.5 Å². The summed E-state index contributed by atoms with van der Waals surface area (Å²) in [6.45, 7) is 3.55. The highest BCUT2D eigenvalue weighted by Crippen LogP contribution is 2.37. The molecule has 1 aliphatic heterocycles. The molecule has 0 radical (unpaired) electrons. The molecule has 1 unspecified atom stereocenters. The largest absolute Gasteiger partial charge is 0.495 e. The van der Waals surface area contributed by atoms with Crippen molar-refractivity contribution in [2.45, 2.75) is 62.3 Å². The number of carbonyl (C=O) groups is 1. The van der Waals surface area contributed by atoms with Gasteiger partial charge < -0.3 is 9.64 Å². The number of rotatable bonds is 5. The predicted molar refractivity (Wildman–Crippen MR) is 134 cm³/mol. The molecule has 1 amide bonds. The molecule has 3 heterocycles. The number of fused-ring (bicyclic) bond motifs is 3. The summed E-state index contributed by atoms with van der Waals surface area (Å²) in [6, 6.07) is 7.52. The summed E-state index contributed by atoms with van der Waals surface area (Å²) in [7, 11) is 1.61. The van der Waals surface area contributed by atoms with Crippen LogP contribution >= 0.6 is 23.1 Å². The summed E-state index contributed by atoms with van der Waals surface area (Å²) >= 11 is 3.01. The predicted octanol–water partition coefficient (Wildman–Crippen LogP) is 4.83. The number of amides is 1. The van der Waals surface area contributed by atoms with Gasteiger partial charge >= 0.3 is 0 Å². The molecule has 8 heteroatoms. The monoisotopic (exact) mass is 483 g/mol. The quantitative estimate of drug-likeness (QED) is 0.384. The van der Waals surface area contributed by atoms with E-state index in [1.165, 1.54) is 23.1 Å². The lowest BCUT2D eigenvalue weighted by Gasteiger charge is -2.29. The Morgan fingerprint density at radius 2 is 1.88 bits per heavy atom. The Balaban J connectivity index is 1.63. The maximum absolute atomic E-state index is 14.0. The first kappa shape index (κ1) is 22.5. The number of likely N-dealkylation sites (tertiary alicyclic amines) is 1. The van der Waals surface area contributed by atoms with Crippen LogP contribution in [-0.4, -0.2) is 45.8 Å². The average molecular weight is 484 g/mol. The topological polar surface area (TPSA) is 64.4 Å². The summed E-state index contributed by atoms with van der Waals surface area (Å²) in [5.74, 6) is 0.729. The van der Waals surface area contributed by atoms with E-state index in [1.54, 1.807) is 23.0 Å². The van der Waals surface area contributed by atoms with Gasteiger partial charge in [0.05, 0.1) is 23.4 Å². The molecule has 6 nitrogen and oxygen atoms in total. The van der Waals surface area contributed by atoms with Gasteiger partial charge in [0.25, 0.3) is 5.56 Å². The highest BCUT2D eigenvalue weighted by molar-refractivity contribution is 8.00. The number of carbonyl (C=O) groups excluding carboxylic acids is 1. The van der Waals surface area contributed by atoms with Crippen molar-refractivity contribution < 1.29 is 9.53 Å². The molecule has 0 saturated carbocycles. The SMILES string of the molecule is COc1ccccc1-n1c(SC(C)C(=O)N2CCCCC2)nc2sc3c(c2c1=O)CCCC3. The second kappa shape index (κ2) is 9.50. The molecule has 5 rings (SSSR count). The van der Waals surface area contributed by atoms with Gasteiger partial charge in [-0.3, -0.25) is 14.2 Å². The average Bonchev–Trinajstić information content (AvgIpc) is 3.23. The first-order valence-electron chi connectivity index (χ1n) is 11.7. The Labute approximate surface area is 202 Å². The van der Waals surface area contributed by atoms with Crippen LogP contribution < -0.4 is 10.3 Å². The van der Waals surface area contributed by atoms with Gasteiger partial charge in [-0.25, -0.2) is 4.98 Å². The molecule has 3 aromatic rings. The lowest BCUT2D eigenvalue weighted by molar-refractivity contribution is -0.131. The van der Waals surface area contributed by atoms with Gasteiger partial charge in [0.15, 0.2) is 5.16 Å². The van der Waals surface area contributed by atoms with Gasteiger partial charge in [0.1, 0.15) is 10.6 Å². The van der Waals surface area contributed by atoms with Crippen LogP contribution in [0.4, 0.5) is 0 Å². The van der Waals surface area contributed by atoms with Crippen molar-refractivity contribution in [1.29, 1.82) is 0 Å². The van der Waals surface area contributed by atoms with Crippen molar-refractivity contribution in [1.82, 2.24) is 14.5 Å². The molecule has 33 heavy (non-hydrogen) atoms. The van der Waals surface area contributed by atoms with Crippen LogP contribution in [0, 0.1) is 0 Å². The molecule has 2 aromatic heterocycles. The third-order valence-corrected chi connectivity index (χ3v) is 8.81. The Morgan fingerprint density at radius 1 is 1.12 bits per heavy atom. The zero-order valence-electron chi connectivity index (χ0n) is 19.1. The second-order valence-corrected chi connectivity index (χ2v) is 11.1. The number of nitrogens with zero attached hydrogens (tertiary/aromatic N) is 3. The van der Waals surface area contributed by atoms with Gasteiger partial charge in [-0.15, -0.1) is 11.3 Å². The van der Waals surface area contributed by atoms with Crippen molar-refractivity contribution in [2.24, 2.45) is 0 Å². The number of aromatic nitrogens is 2. The molecule has 1 aromatic carbocycles. The van der Waals surface area contributed by atoms with E-state index in [0.717, 1.165) is 67.4 Å². The molecular formula is C25H29N3O3S2. The van der Waals surface area contributed by atoms with E-state index in [9.17, 15) is 9.59 Å². The molecule has 1 saturated heterocycles. The van der Waals surface area contributed by atoms with Gasteiger partial charge in [-0.05, 0) is 69.6 Å².